The zero-order valence-corrected chi connectivity index (χ0v) is 22.4. The fourth-order valence-corrected chi connectivity index (χ4v) is 4.57. The highest BCUT2D eigenvalue weighted by Crippen LogP contribution is 2.26. The van der Waals surface area contributed by atoms with Gasteiger partial charge in [0.05, 0.1) is 23.4 Å². The lowest BCUT2D eigenvalue weighted by atomic mass is 10.0. The Kier molecular flexibility index (Phi) is 7.70. The van der Waals surface area contributed by atoms with E-state index in [4.69, 9.17) is 16.3 Å². The number of carbonyl (C=O) groups excluding carboxylic acids is 5. The third-order valence-corrected chi connectivity index (χ3v) is 6.54. The van der Waals surface area contributed by atoms with Crippen LogP contribution < -0.4 is 5.32 Å². The molecular weight excluding hydrogens is 550 g/mol. The molecule has 0 fully saturated rings. The van der Waals surface area contributed by atoms with Crippen molar-refractivity contribution in [3.05, 3.63) is 112 Å². The van der Waals surface area contributed by atoms with E-state index in [0.717, 1.165) is 4.90 Å². The summed E-state index contributed by atoms with van der Waals surface area (Å²) in [5, 5.41) is 11.2. The van der Waals surface area contributed by atoms with Crippen molar-refractivity contribution in [3.63, 3.8) is 0 Å². The van der Waals surface area contributed by atoms with Crippen LogP contribution in [0.1, 0.15) is 55.2 Å². The van der Waals surface area contributed by atoms with Crippen molar-refractivity contribution in [2.45, 2.75) is 20.1 Å². The van der Waals surface area contributed by atoms with Crippen LogP contribution in [0.2, 0.25) is 5.02 Å². The van der Waals surface area contributed by atoms with Gasteiger partial charge in [0, 0.05) is 23.1 Å². The molecule has 1 aliphatic rings. The summed E-state index contributed by atoms with van der Waals surface area (Å²) in [5.41, 5.74) is 1.46. The lowest BCUT2D eigenvalue weighted by Gasteiger charge is -2.16. The number of fused-ring (bicyclic) bond motifs is 1. The van der Waals surface area contributed by atoms with Gasteiger partial charge < -0.3 is 10.1 Å². The van der Waals surface area contributed by atoms with Crippen LogP contribution in [0.25, 0.3) is 5.69 Å². The molecule has 5 rings (SSSR count). The number of nitrogens with one attached hydrogen (secondary N) is 1. The number of amides is 3. The first kappa shape index (κ1) is 27.4. The number of rotatable bonds is 9. The van der Waals surface area contributed by atoms with Gasteiger partial charge in [0.25, 0.3) is 11.8 Å². The summed E-state index contributed by atoms with van der Waals surface area (Å²) in [4.78, 5) is 64.0. The van der Waals surface area contributed by atoms with Gasteiger partial charge in [-0.3, -0.25) is 33.4 Å². The predicted molar refractivity (Wildman–Crippen MR) is 145 cm³/mol. The first-order valence-electron chi connectivity index (χ1n) is 12.4. The van der Waals surface area contributed by atoms with Crippen LogP contribution in [-0.4, -0.2) is 55.7 Å². The molecule has 1 N–H and O–H groups in total. The minimum absolute atomic E-state index is 0.184. The first-order chi connectivity index (χ1) is 19.7. The maximum atomic E-state index is 13.5. The molecule has 3 amide bonds. The van der Waals surface area contributed by atoms with E-state index in [2.05, 4.69) is 15.5 Å². The first-order valence-corrected chi connectivity index (χ1v) is 12.8. The van der Waals surface area contributed by atoms with Crippen LogP contribution in [0.4, 0.5) is 0 Å². The van der Waals surface area contributed by atoms with E-state index in [1.807, 2.05) is 0 Å². The van der Waals surface area contributed by atoms with Crippen molar-refractivity contribution < 1.29 is 28.7 Å². The van der Waals surface area contributed by atoms with Crippen molar-refractivity contribution in [1.29, 1.82) is 0 Å². The van der Waals surface area contributed by atoms with Crippen molar-refractivity contribution in [2.75, 3.05) is 6.54 Å². The number of aromatic nitrogens is 3. The second-order valence-corrected chi connectivity index (χ2v) is 9.46. The average Bonchev–Trinajstić information content (AvgIpc) is 3.49. The Balaban J connectivity index is 1.43. The van der Waals surface area contributed by atoms with Gasteiger partial charge in [-0.1, -0.05) is 54.1 Å². The van der Waals surface area contributed by atoms with Crippen LogP contribution >= 0.6 is 11.6 Å². The van der Waals surface area contributed by atoms with Crippen LogP contribution in [0, 0.1) is 0 Å². The van der Waals surface area contributed by atoms with Crippen molar-refractivity contribution in [2.24, 2.45) is 0 Å². The van der Waals surface area contributed by atoms with Gasteiger partial charge in [-0.25, -0.2) is 0 Å². The molecule has 12 heteroatoms. The van der Waals surface area contributed by atoms with E-state index in [1.165, 1.54) is 29.7 Å². The number of esters is 1. The number of imide groups is 1. The van der Waals surface area contributed by atoms with Crippen LogP contribution in [-0.2, 0) is 27.5 Å². The molecule has 0 radical (unpaired) electrons. The summed E-state index contributed by atoms with van der Waals surface area (Å²) in [6, 6.07) is 19.6. The molecule has 11 nitrogen and oxygen atoms in total. The smallest absolute Gasteiger partial charge is 0.303 e. The van der Waals surface area contributed by atoms with E-state index in [0.29, 0.717) is 16.3 Å². The SMILES string of the molecule is CC(=O)OCc1nnc(CNC(=O)CN2C(=O)c3ccccc3C2=O)n1-c1ccc(Cl)cc1C(=O)c1ccccc1. The highest BCUT2D eigenvalue weighted by Gasteiger charge is 2.36. The molecule has 0 aliphatic carbocycles. The maximum absolute atomic E-state index is 13.5. The number of hydrogen-bond donors (Lipinski definition) is 1. The van der Waals surface area contributed by atoms with Gasteiger partial charge in [0.2, 0.25) is 5.91 Å². The molecule has 4 aromatic rings. The van der Waals surface area contributed by atoms with E-state index < -0.39 is 30.2 Å². The number of benzene rings is 3. The Bertz CT molecular complexity index is 1670. The van der Waals surface area contributed by atoms with Gasteiger partial charge in [-0.15, -0.1) is 10.2 Å². The summed E-state index contributed by atoms with van der Waals surface area (Å²) >= 11 is 6.25. The van der Waals surface area contributed by atoms with Gasteiger partial charge in [0.1, 0.15) is 6.54 Å². The highest BCUT2D eigenvalue weighted by atomic mass is 35.5. The summed E-state index contributed by atoms with van der Waals surface area (Å²) in [6.07, 6.45) is 0. The summed E-state index contributed by atoms with van der Waals surface area (Å²) in [5.74, 6) is -2.22. The minimum Gasteiger partial charge on any atom is -0.458 e. The van der Waals surface area contributed by atoms with Crippen LogP contribution in [0.5, 0.6) is 0 Å². The van der Waals surface area contributed by atoms with Crippen LogP contribution in [0.15, 0.2) is 72.8 Å². The summed E-state index contributed by atoms with van der Waals surface area (Å²) in [7, 11) is 0. The predicted octanol–water partition coefficient (Wildman–Crippen LogP) is 3.13. The molecule has 0 spiro atoms. The lowest BCUT2D eigenvalue weighted by Crippen LogP contribution is -2.40. The molecular formula is C29H22ClN5O6. The second-order valence-electron chi connectivity index (χ2n) is 9.02. The normalized spacial score (nSPS) is 12.3. The molecule has 0 unspecified atom stereocenters. The lowest BCUT2D eigenvalue weighted by molar-refractivity contribution is -0.142. The minimum atomic E-state index is -0.618. The molecule has 1 aromatic heterocycles. The molecule has 2 heterocycles. The van der Waals surface area contributed by atoms with Gasteiger partial charge in [-0.2, -0.15) is 0 Å². The molecule has 41 heavy (non-hydrogen) atoms. The Hall–Kier alpha value is -5.16. The Morgan fingerprint density at radius 3 is 2.17 bits per heavy atom. The third kappa shape index (κ3) is 5.61. The number of ether oxygens (including phenoxy) is 1. The van der Waals surface area contributed by atoms with Crippen molar-refractivity contribution >= 4 is 41.1 Å². The van der Waals surface area contributed by atoms with Crippen molar-refractivity contribution in [3.8, 4) is 5.69 Å². The monoisotopic (exact) mass is 571 g/mol. The number of ketones is 1. The Labute approximate surface area is 238 Å². The fraction of sp³-hybridized carbons (Fsp3) is 0.138. The number of nitrogens with zero attached hydrogens (tertiary/aromatic N) is 4. The van der Waals surface area contributed by atoms with Gasteiger partial charge in [-0.05, 0) is 30.3 Å². The Morgan fingerprint density at radius 2 is 1.51 bits per heavy atom. The number of hydrogen-bond acceptors (Lipinski definition) is 8. The molecule has 1 aliphatic heterocycles. The van der Waals surface area contributed by atoms with E-state index in [-0.39, 0.29) is 47.3 Å². The fourth-order valence-electron chi connectivity index (χ4n) is 4.40. The maximum Gasteiger partial charge on any atom is 0.303 e. The molecule has 206 valence electrons. The Morgan fingerprint density at radius 1 is 0.878 bits per heavy atom. The standard InChI is InChI=1S/C29H22ClN5O6/c1-17(36)41-16-25-33-32-24(14-31-26(37)15-34-28(39)20-9-5-6-10-21(20)29(34)40)35(25)23-12-11-19(30)13-22(23)27(38)18-7-3-2-4-8-18/h2-13H,14-16H2,1H3,(H,31,37). The molecule has 0 saturated heterocycles. The zero-order chi connectivity index (χ0) is 29.1. The highest BCUT2D eigenvalue weighted by molar-refractivity contribution is 6.31. The average molecular weight is 572 g/mol. The van der Waals surface area contributed by atoms with E-state index in [1.54, 1.807) is 54.6 Å². The van der Waals surface area contributed by atoms with Crippen molar-refractivity contribution in [1.82, 2.24) is 25.0 Å². The number of carbonyl (C=O) groups is 5. The zero-order valence-electron chi connectivity index (χ0n) is 21.7. The van der Waals surface area contributed by atoms with E-state index in [9.17, 15) is 24.0 Å². The molecule has 0 bridgehead atoms. The van der Waals surface area contributed by atoms with Gasteiger partial charge >= 0.3 is 5.97 Å². The number of halogens is 1. The molecule has 0 atom stereocenters. The third-order valence-electron chi connectivity index (χ3n) is 6.31. The van der Waals surface area contributed by atoms with Crippen LogP contribution in [0.3, 0.4) is 0 Å². The summed E-state index contributed by atoms with van der Waals surface area (Å²) < 4.78 is 6.64. The topological polar surface area (TPSA) is 141 Å². The molecule has 3 aromatic carbocycles. The summed E-state index contributed by atoms with van der Waals surface area (Å²) in [6.45, 7) is 0.302. The van der Waals surface area contributed by atoms with E-state index >= 15 is 0 Å². The second kappa shape index (κ2) is 11.5. The largest absolute Gasteiger partial charge is 0.458 e. The quantitative estimate of drug-likeness (QED) is 0.183. The van der Waals surface area contributed by atoms with Gasteiger partial charge in [0.15, 0.2) is 24.0 Å². The molecule has 0 saturated carbocycles.